The zero-order valence-corrected chi connectivity index (χ0v) is 19.0. The van der Waals surface area contributed by atoms with Gasteiger partial charge in [0.2, 0.25) is 5.88 Å². The molecule has 2 saturated heterocycles. The van der Waals surface area contributed by atoms with E-state index in [1.807, 2.05) is 30.0 Å². The van der Waals surface area contributed by atoms with Gasteiger partial charge in [0.25, 0.3) is 5.91 Å². The van der Waals surface area contributed by atoms with Crippen molar-refractivity contribution in [1.29, 1.82) is 0 Å². The Morgan fingerprint density at radius 1 is 1.15 bits per heavy atom. The summed E-state index contributed by atoms with van der Waals surface area (Å²) in [4.78, 5) is 28.6. The Balaban J connectivity index is 1.39. The van der Waals surface area contributed by atoms with Crippen LogP contribution in [0, 0.1) is 18.7 Å². The first kappa shape index (κ1) is 21.8. The van der Waals surface area contributed by atoms with Gasteiger partial charge in [-0.3, -0.25) is 4.79 Å². The summed E-state index contributed by atoms with van der Waals surface area (Å²) in [6.07, 6.45) is 8.42. The van der Waals surface area contributed by atoms with Crippen molar-refractivity contribution in [2.75, 3.05) is 6.61 Å². The predicted molar refractivity (Wildman–Crippen MR) is 123 cm³/mol. The van der Waals surface area contributed by atoms with Gasteiger partial charge in [0.1, 0.15) is 0 Å². The lowest BCUT2D eigenvalue weighted by molar-refractivity contribution is 0.0400. The Hall–Kier alpha value is -3.06. The van der Waals surface area contributed by atoms with Gasteiger partial charge in [0, 0.05) is 42.2 Å². The predicted octanol–water partition coefficient (Wildman–Crippen LogP) is 5.10. The van der Waals surface area contributed by atoms with E-state index in [4.69, 9.17) is 16.3 Å². The van der Waals surface area contributed by atoms with Crippen molar-refractivity contribution in [1.82, 2.24) is 19.9 Å². The Morgan fingerprint density at radius 2 is 1.94 bits per heavy atom. The number of hydrogen-bond donors (Lipinski definition) is 0. The summed E-state index contributed by atoms with van der Waals surface area (Å²) in [5, 5.41) is 0.226. The number of benzene rings is 1. The van der Waals surface area contributed by atoms with Gasteiger partial charge < -0.3 is 9.64 Å². The van der Waals surface area contributed by atoms with Crippen LogP contribution < -0.4 is 4.74 Å². The first-order valence-electron chi connectivity index (χ1n) is 11.2. The number of piperidine rings is 1. The zero-order valence-electron chi connectivity index (χ0n) is 18.2. The largest absolute Gasteiger partial charge is 0.475 e. The third kappa shape index (κ3) is 4.29. The minimum atomic E-state index is -0.581. The lowest BCUT2D eigenvalue weighted by Gasteiger charge is -2.40. The first-order chi connectivity index (χ1) is 16.0. The molecule has 2 aliphatic heterocycles. The molecule has 3 unspecified atom stereocenters. The maximum Gasteiger partial charge on any atom is 0.255 e. The van der Waals surface area contributed by atoms with Crippen LogP contribution in [0.3, 0.4) is 0 Å². The van der Waals surface area contributed by atoms with E-state index in [2.05, 4.69) is 15.0 Å². The highest BCUT2D eigenvalue weighted by atomic mass is 35.5. The number of nitrogens with zero attached hydrogens (tertiary/aromatic N) is 4. The molecule has 2 fully saturated rings. The molecule has 3 atom stereocenters. The Labute approximate surface area is 196 Å². The number of carbonyl (C=O) groups excluding carboxylic acids is 1. The van der Waals surface area contributed by atoms with Gasteiger partial charge >= 0.3 is 0 Å². The maximum atomic E-state index is 14.1. The standard InChI is InChI=1S/C25H24ClFN4O2/c1-15-3-7-19(23-28-9-2-10-29-23)20(11-15)25(32)31-18-5-4-16(22(31)8-6-18)14-33-24-21(27)12-17(26)13-30-24/h2-3,7,9-13,16,18,22H,4-6,8,14H2,1H3. The van der Waals surface area contributed by atoms with E-state index in [9.17, 15) is 9.18 Å². The molecule has 6 nitrogen and oxygen atoms in total. The van der Waals surface area contributed by atoms with Gasteiger partial charge in [-0.15, -0.1) is 0 Å². The van der Waals surface area contributed by atoms with Crippen LogP contribution >= 0.6 is 11.6 Å². The number of pyridine rings is 1. The molecule has 1 aromatic carbocycles. The topological polar surface area (TPSA) is 68.2 Å². The summed E-state index contributed by atoms with van der Waals surface area (Å²) < 4.78 is 19.8. The van der Waals surface area contributed by atoms with Crippen LogP contribution in [0.25, 0.3) is 11.4 Å². The fraction of sp³-hybridized carbons (Fsp3) is 0.360. The molecule has 2 bridgehead atoms. The van der Waals surface area contributed by atoms with Crippen LogP contribution in [-0.4, -0.2) is 44.4 Å². The number of carbonyl (C=O) groups is 1. The van der Waals surface area contributed by atoms with E-state index in [1.54, 1.807) is 18.5 Å². The molecule has 3 aromatic rings. The lowest BCUT2D eigenvalue weighted by Crippen LogP contribution is -2.49. The van der Waals surface area contributed by atoms with Crippen molar-refractivity contribution in [3.63, 3.8) is 0 Å². The molecule has 5 rings (SSSR count). The summed E-state index contributed by atoms with van der Waals surface area (Å²) in [5.74, 6) is -0.00302. The third-order valence-corrected chi connectivity index (χ3v) is 6.82. The van der Waals surface area contributed by atoms with Gasteiger partial charge in [-0.05, 0) is 50.8 Å². The number of aromatic nitrogens is 3. The van der Waals surface area contributed by atoms with Crippen molar-refractivity contribution < 1.29 is 13.9 Å². The summed E-state index contributed by atoms with van der Waals surface area (Å²) >= 11 is 5.79. The summed E-state index contributed by atoms with van der Waals surface area (Å²) in [5.41, 5.74) is 2.35. The average molecular weight is 467 g/mol. The van der Waals surface area contributed by atoms with Crippen molar-refractivity contribution in [3.8, 4) is 17.3 Å². The monoisotopic (exact) mass is 466 g/mol. The fourth-order valence-electron chi connectivity index (χ4n) is 5.07. The smallest absolute Gasteiger partial charge is 0.255 e. The fourth-order valence-corrected chi connectivity index (χ4v) is 5.21. The molecule has 0 spiro atoms. The first-order valence-corrected chi connectivity index (χ1v) is 11.5. The molecule has 0 saturated carbocycles. The number of aryl methyl sites for hydroxylation is 1. The normalized spacial score (nSPS) is 21.8. The molecular weight excluding hydrogens is 443 g/mol. The minimum absolute atomic E-state index is 0.00542. The van der Waals surface area contributed by atoms with Crippen LogP contribution in [0.4, 0.5) is 4.39 Å². The second-order valence-corrected chi connectivity index (χ2v) is 9.16. The zero-order chi connectivity index (χ0) is 22.9. The second-order valence-electron chi connectivity index (χ2n) is 8.72. The van der Waals surface area contributed by atoms with E-state index in [1.165, 1.54) is 12.3 Å². The van der Waals surface area contributed by atoms with E-state index < -0.39 is 5.82 Å². The van der Waals surface area contributed by atoms with Crippen LogP contribution in [0.15, 0.2) is 48.9 Å². The van der Waals surface area contributed by atoms with Crippen LogP contribution in [0.2, 0.25) is 5.02 Å². The molecule has 170 valence electrons. The SMILES string of the molecule is Cc1ccc(-c2ncccn2)c(C(=O)N2C3CCC(COc4ncc(Cl)cc4F)C2CC3)c1. The highest BCUT2D eigenvalue weighted by Gasteiger charge is 2.45. The second kappa shape index (κ2) is 9.06. The summed E-state index contributed by atoms with van der Waals surface area (Å²) in [6, 6.07) is 8.99. The molecule has 1 amide bonds. The lowest BCUT2D eigenvalue weighted by atomic mass is 9.89. The third-order valence-electron chi connectivity index (χ3n) is 6.62. The van der Waals surface area contributed by atoms with E-state index >= 15 is 0 Å². The maximum absolute atomic E-state index is 14.1. The molecule has 33 heavy (non-hydrogen) atoms. The van der Waals surface area contributed by atoms with Gasteiger partial charge in [-0.25, -0.2) is 19.3 Å². The summed E-state index contributed by atoms with van der Waals surface area (Å²) in [6.45, 7) is 2.27. The Bertz CT molecular complexity index is 1180. The molecular formula is C25H24ClFN4O2. The number of ether oxygens (including phenoxy) is 1. The Morgan fingerprint density at radius 3 is 2.73 bits per heavy atom. The van der Waals surface area contributed by atoms with E-state index in [-0.39, 0.29) is 34.8 Å². The van der Waals surface area contributed by atoms with Gasteiger partial charge in [-0.1, -0.05) is 29.3 Å². The summed E-state index contributed by atoms with van der Waals surface area (Å²) in [7, 11) is 0. The Kier molecular flexibility index (Phi) is 5.98. The molecule has 0 N–H and O–H groups in total. The number of amides is 1. The number of rotatable bonds is 5. The minimum Gasteiger partial charge on any atom is -0.475 e. The van der Waals surface area contributed by atoms with Crippen molar-refractivity contribution in [3.05, 3.63) is 70.9 Å². The number of hydrogen-bond acceptors (Lipinski definition) is 5. The van der Waals surface area contributed by atoms with Crippen molar-refractivity contribution >= 4 is 17.5 Å². The molecule has 4 heterocycles. The van der Waals surface area contributed by atoms with Crippen molar-refractivity contribution in [2.24, 2.45) is 5.92 Å². The van der Waals surface area contributed by atoms with Crippen LogP contribution in [-0.2, 0) is 0 Å². The average Bonchev–Trinajstić information content (AvgIpc) is 3.13. The van der Waals surface area contributed by atoms with Crippen LogP contribution in [0.5, 0.6) is 5.88 Å². The van der Waals surface area contributed by atoms with E-state index in [0.29, 0.717) is 18.0 Å². The quantitative estimate of drug-likeness (QED) is 0.523. The van der Waals surface area contributed by atoms with Gasteiger partial charge in [0.15, 0.2) is 11.6 Å². The van der Waals surface area contributed by atoms with Gasteiger partial charge in [-0.2, -0.15) is 0 Å². The molecule has 8 heteroatoms. The van der Waals surface area contributed by atoms with E-state index in [0.717, 1.165) is 36.8 Å². The molecule has 0 radical (unpaired) electrons. The highest BCUT2D eigenvalue weighted by molar-refractivity contribution is 6.30. The molecule has 2 aromatic heterocycles. The van der Waals surface area contributed by atoms with Gasteiger partial charge in [0.05, 0.1) is 17.2 Å². The number of fused-ring (bicyclic) bond motifs is 2. The van der Waals surface area contributed by atoms with Crippen LogP contribution in [0.1, 0.15) is 41.6 Å². The number of halogens is 2. The van der Waals surface area contributed by atoms with Crippen molar-refractivity contribution in [2.45, 2.75) is 44.7 Å². The molecule has 2 aliphatic rings. The highest BCUT2D eigenvalue weighted by Crippen LogP contribution is 2.41. The molecule has 0 aliphatic carbocycles.